The van der Waals surface area contributed by atoms with Gasteiger partial charge in [0.2, 0.25) is 0 Å². The lowest BCUT2D eigenvalue weighted by Crippen LogP contribution is -2.18. The second-order valence-corrected chi connectivity index (χ2v) is 4.28. The van der Waals surface area contributed by atoms with Gasteiger partial charge in [-0.05, 0) is 23.6 Å². The van der Waals surface area contributed by atoms with Crippen LogP contribution in [0.15, 0.2) is 46.2 Å². The van der Waals surface area contributed by atoms with Gasteiger partial charge < -0.3 is 16.3 Å². The molecular formula is C12H11N3O2S. The van der Waals surface area contributed by atoms with Crippen molar-refractivity contribution in [2.24, 2.45) is 10.9 Å². The van der Waals surface area contributed by atoms with E-state index in [4.69, 9.17) is 10.9 Å². The van der Waals surface area contributed by atoms with E-state index in [2.05, 4.69) is 10.5 Å². The highest BCUT2D eigenvalue weighted by molar-refractivity contribution is 7.08. The Morgan fingerprint density at radius 1 is 1.33 bits per heavy atom. The molecule has 18 heavy (non-hydrogen) atoms. The summed E-state index contributed by atoms with van der Waals surface area (Å²) in [7, 11) is 0. The highest BCUT2D eigenvalue weighted by Crippen LogP contribution is 2.16. The van der Waals surface area contributed by atoms with Gasteiger partial charge in [0.25, 0.3) is 5.91 Å². The van der Waals surface area contributed by atoms with Gasteiger partial charge in [0.05, 0.1) is 11.3 Å². The van der Waals surface area contributed by atoms with Crippen molar-refractivity contribution in [1.29, 1.82) is 0 Å². The number of oxime groups is 1. The molecule has 1 aromatic carbocycles. The number of hydrogen-bond donors (Lipinski definition) is 3. The molecule has 1 heterocycles. The predicted octanol–water partition coefficient (Wildman–Crippen LogP) is 2.09. The summed E-state index contributed by atoms with van der Waals surface area (Å²) >= 11 is 1.44. The number of anilines is 1. The van der Waals surface area contributed by atoms with Crippen molar-refractivity contribution < 1.29 is 10.0 Å². The fraction of sp³-hybridized carbons (Fsp3) is 0. The number of nitrogens with one attached hydrogen (secondary N) is 1. The number of benzene rings is 1. The lowest BCUT2D eigenvalue weighted by molar-refractivity contribution is 0.102. The molecular weight excluding hydrogens is 250 g/mol. The Kier molecular flexibility index (Phi) is 3.59. The van der Waals surface area contributed by atoms with Gasteiger partial charge in [-0.25, -0.2) is 0 Å². The summed E-state index contributed by atoms with van der Waals surface area (Å²) in [6, 6.07) is 8.59. The first-order chi connectivity index (χ1) is 8.72. The Labute approximate surface area is 108 Å². The third-order valence-corrected chi connectivity index (χ3v) is 3.03. The van der Waals surface area contributed by atoms with Crippen LogP contribution in [-0.4, -0.2) is 17.0 Å². The van der Waals surface area contributed by atoms with E-state index >= 15 is 0 Å². The molecule has 0 saturated carbocycles. The van der Waals surface area contributed by atoms with Crippen LogP contribution in [0.2, 0.25) is 0 Å². The van der Waals surface area contributed by atoms with Gasteiger partial charge in [0, 0.05) is 10.9 Å². The van der Waals surface area contributed by atoms with Crippen LogP contribution in [0.5, 0.6) is 0 Å². The van der Waals surface area contributed by atoms with Crippen molar-refractivity contribution in [2.75, 3.05) is 5.32 Å². The zero-order valence-corrected chi connectivity index (χ0v) is 10.1. The lowest BCUT2D eigenvalue weighted by Gasteiger charge is -2.09. The summed E-state index contributed by atoms with van der Waals surface area (Å²) < 4.78 is 0. The first kappa shape index (κ1) is 12.1. The summed E-state index contributed by atoms with van der Waals surface area (Å²) in [5.74, 6) is -0.273. The van der Waals surface area contributed by atoms with E-state index < -0.39 is 0 Å². The molecule has 0 saturated heterocycles. The molecule has 0 aliphatic carbocycles. The van der Waals surface area contributed by atoms with E-state index in [0.29, 0.717) is 16.8 Å². The number of para-hydroxylation sites is 1. The Bertz CT molecular complexity index is 579. The summed E-state index contributed by atoms with van der Waals surface area (Å²) in [5.41, 5.74) is 7.10. The van der Waals surface area contributed by atoms with Gasteiger partial charge in [0.15, 0.2) is 5.84 Å². The maximum atomic E-state index is 11.9. The minimum atomic E-state index is -0.227. The van der Waals surface area contributed by atoms with Gasteiger partial charge in [-0.1, -0.05) is 17.3 Å². The fourth-order valence-electron chi connectivity index (χ4n) is 1.46. The SMILES string of the molecule is N/C(=N/O)c1ccccc1NC(=O)c1ccsc1. The molecule has 0 radical (unpaired) electrons. The smallest absolute Gasteiger partial charge is 0.256 e. The number of thiophene rings is 1. The van der Waals surface area contributed by atoms with Gasteiger partial charge in [-0.3, -0.25) is 4.79 Å². The average Bonchev–Trinajstić information content (AvgIpc) is 2.92. The van der Waals surface area contributed by atoms with Crippen LogP contribution in [0.3, 0.4) is 0 Å². The maximum absolute atomic E-state index is 11.9. The minimum absolute atomic E-state index is 0.0452. The predicted molar refractivity (Wildman–Crippen MR) is 71.2 cm³/mol. The molecule has 0 unspecified atom stereocenters. The summed E-state index contributed by atoms with van der Waals surface area (Å²) in [6.07, 6.45) is 0. The number of hydrogen-bond acceptors (Lipinski definition) is 4. The summed E-state index contributed by atoms with van der Waals surface area (Å²) in [5, 5.41) is 17.9. The first-order valence-electron chi connectivity index (χ1n) is 5.13. The molecule has 0 spiro atoms. The zero-order chi connectivity index (χ0) is 13.0. The van der Waals surface area contributed by atoms with Crippen LogP contribution in [0.25, 0.3) is 0 Å². The van der Waals surface area contributed by atoms with Crippen molar-refractivity contribution in [2.45, 2.75) is 0 Å². The maximum Gasteiger partial charge on any atom is 0.256 e. The molecule has 2 aromatic rings. The fourth-order valence-corrected chi connectivity index (χ4v) is 2.09. The molecule has 0 atom stereocenters. The van der Waals surface area contributed by atoms with E-state index in [1.54, 1.807) is 35.7 Å². The quantitative estimate of drug-likeness (QED) is 0.342. The molecule has 0 aliphatic heterocycles. The van der Waals surface area contributed by atoms with Crippen molar-refractivity contribution in [3.05, 3.63) is 52.2 Å². The van der Waals surface area contributed by atoms with Gasteiger partial charge in [0.1, 0.15) is 0 Å². The van der Waals surface area contributed by atoms with Crippen LogP contribution >= 0.6 is 11.3 Å². The molecule has 4 N–H and O–H groups in total. The number of rotatable bonds is 3. The van der Waals surface area contributed by atoms with E-state index in [0.717, 1.165) is 0 Å². The number of carbonyl (C=O) groups is 1. The third-order valence-electron chi connectivity index (χ3n) is 2.34. The Balaban J connectivity index is 2.27. The Morgan fingerprint density at radius 3 is 2.78 bits per heavy atom. The summed E-state index contributed by atoms with van der Waals surface area (Å²) in [4.78, 5) is 11.9. The van der Waals surface area contributed by atoms with Crippen molar-refractivity contribution >= 4 is 28.8 Å². The molecule has 2 rings (SSSR count). The first-order valence-corrected chi connectivity index (χ1v) is 6.07. The van der Waals surface area contributed by atoms with E-state index in [1.807, 2.05) is 5.38 Å². The van der Waals surface area contributed by atoms with Gasteiger partial charge >= 0.3 is 0 Å². The minimum Gasteiger partial charge on any atom is -0.409 e. The van der Waals surface area contributed by atoms with E-state index in [-0.39, 0.29) is 11.7 Å². The van der Waals surface area contributed by atoms with E-state index in [1.165, 1.54) is 11.3 Å². The van der Waals surface area contributed by atoms with Crippen molar-refractivity contribution in [3.63, 3.8) is 0 Å². The number of amidine groups is 1. The van der Waals surface area contributed by atoms with Crippen LogP contribution in [-0.2, 0) is 0 Å². The lowest BCUT2D eigenvalue weighted by atomic mass is 10.1. The highest BCUT2D eigenvalue weighted by Gasteiger charge is 2.11. The molecule has 0 fully saturated rings. The van der Waals surface area contributed by atoms with E-state index in [9.17, 15) is 4.79 Å². The molecule has 6 heteroatoms. The van der Waals surface area contributed by atoms with Gasteiger partial charge in [-0.15, -0.1) is 0 Å². The monoisotopic (exact) mass is 261 g/mol. The van der Waals surface area contributed by atoms with Crippen LogP contribution in [0, 0.1) is 0 Å². The molecule has 1 amide bonds. The van der Waals surface area contributed by atoms with Crippen molar-refractivity contribution in [1.82, 2.24) is 0 Å². The Morgan fingerprint density at radius 2 is 2.11 bits per heavy atom. The second-order valence-electron chi connectivity index (χ2n) is 3.50. The molecule has 1 aromatic heterocycles. The normalized spacial score (nSPS) is 11.2. The van der Waals surface area contributed by atoms with Gasteiger partial charge in [-0.2, -0.15) is 11.3 Å². The third kappa shape index (κ3) is 2.49. The highest BCUT2D eigenvalue weighted by atomic mass is 32.1. The number of nitrogens with two attached hydrogens (primary N) is 1. The second kappa shape index (κ2) is 5.33. The number of carbonyl (C=O) groups excluding carboxylic acids is 1. The number of nitrogens with zero attached hydrogens (tertiary/aromatic N) is 1. The van der Waals surface area contributed by atoms with Crippen LogP contribution in [0.4, 0.5) is 5.69 Å². The summed E-state index contributed by atoms with van der Waals surface area (Å²) in [6.45, 7) is 0. The topological polar surface area (TPSA) is 87.7 Å². The Hall–Kier alpha value is -2.34. The molecule has 92 valence electrons. The molecule has 0 aliphatic rings. The zero-order valence-electron chi connectivity index (χ0n) is 9.33. The van der Waals surface area contributed by atoms with Crippen LogP contribution in [0.1, 0.15) is 15.9 Å². The van der Waals surface area contributed by atoms with Crippen LogP contribution < -0.4 is 11.1 Å². The largest absolute Gasteiger partial charge is 0.409 e. The molecule has 0 bridgehead atoms. The average molecular weight is 261 g/mol. The number of amides is 1. The molecule has 5 nitrogen and oxygen atoms in total. The van der Waals surface area contributed by atoms with Crippen molar-refractivity contribution in [3.8, 4) is 0 Å². The standard InChI is InChI=1S/C12H11N3O2S/c13-11(15-17)9-3-1-2-4-10(9)14-12(16)8-5-6-18-7-8/h1-7,17H,(H2,13,15)(H,14,16).